The first kappa shape index (κ1) is 16.9. The molecule has 0 heterocycles. The fourth-order valence-electron chi connectivity index (χ4n) is 1.10. The zero-order valence-electron chi connectivity index (χ0n) is 12.8. The van der Waals surface area contributed by atoms with Crippen molar-refractivity contribution in [1.82, 2.24) is 0 Å². The lowest BCUT2D eigenvalue weighted by Crippen LogP contribution is -2.41. The molecule has 0 fully saturated rings. The monoisotopic (exact) mass is 246 g/mol. The largest absolute Gasteiger partial charge is 0.378 e. The van der Waals surface area contributed by atoms with Crippen LogP contribution >= 0.6 is 0 Å². The number of hydrogen-bond donors (Lipinski definition) is 0. The van der Waals surface area contributed by atoms with Crippen molar-refractivity contribution in [1.29, 1.82) is 0 Å². The molecule has 0 N–H and O–H groups in total. The van der Waals surface area contributed by atoms with Crippen LogP contribution in [0.15, 0.2) is 0 Å². The minimum absolute atomic E-state index is 0.204. The highest BCUT2D eigenvalue weighted by Gasteiger charge is 2.30. The van der Waals surface area contributed by atoms with E-state index in [0.717, 1.165) is 6.61 Å². The van der Waals surface area contributed by atoms with Crippen LogP contribution in [0.4, 0.5) is 0 Å². The smallest absolute Gasteiger partial charge is 0.0855 e. The molecule has 0 radical (unpaired) electrons. The average molecular weight is 246 g/mol. The van der Waals surface area contributed by atoms with Gasteiger partial charge in [-0.25, -0.2) is 0 Å². The molecule has 0 aliphatic rings. The summed E-state index contributed by atoms with van der Waals surface area (Å²) in [4.78, 5) is 0. The van der Waals surface area contributed by atoms with E-state index in [2.05, 4.69) is 34.6 Å². The Bertz CT molecular complexity index is 210. The molecule has 0 saturated carbocycles. The molecule has 17 heavy (non-hydrogen) atoms. The third-order valence-electron chi connectivity index (χ3n) is 3.21. The van der Waals surface area contributed by atoms with Gasteiger partial charge >= 0.3 is 0 Å². The molecule has 104 valence electrons. The Morgan fingerprint density at radius 2 is 1.53 bits per heavy atom. The molecule has 0 spiro atoms. The lowest BCUT2D eigenvalue weighted by atomic mass is 9.93. The predicted octanol–water partition coefficient (Wildman–Crippen LogP) is 3.27. The van der Waals surface area contributed by atoms with Gasteiger partial charge in [0.1, 0.15) is 0 Å². The second-order valence-electron chi connectivity index (χ2n) is 6.14. The Hall–Kier alpha value is -0.120. The zero-order chi connectivity index (χ0) is 13.7. The SMILES string of the molecule is COC(C)(C)COC(C)(C)C(C)COC(C)C. The number of rotatable bonds is 8. The third-order valence-corrected chi connectivity index (χ3v) is 3.21. The lowest BCUT2D eigenvalue weighted by molar-refractivity contribution is -0.136. The van der Waals surface area contributed by atoms with Crippen molar-refractivity contribution in [2.45, 2.75) is 65.8 Å². The molecule has 0 aliphatic carbocycles. The number of ether oxygens (including phenoxy) is 3. The van der Waals surface area contributed by atoms with Crippen LogP contribution in [0.25, 0.3) is 0 Å². The molecule has 3 heteroatoms. The van der Waals surface area contributed by atoms with Gasteiger partial charge in [0.2, 0.25) is 0 Å². The van der Waals surface area contributed by atoms with Crippen molar-refractivity contribution in [3.8, 4) is 0 Å². The molecule has 0 aromatic heterocycles. The summed E-state index contributed by atoms with van der Waals surface area (Å²) in [7, 11) is 1.71. The Balaban J connectivity index is 4.17. The maximum atomic E-state index is 5.97. The van der Waals surface area contributed by atoms with E-state index in [9.17, 15) is 0 Å². The minimum atomic E-state index is -0.240. The number of methoxy groups -OCH3 is 1. The van der Waals surface area contributed by atoms with Crippen molar-refractivity contribution >= 4 is 0 Å². The predicted molar refractivity (Wildman–Crippen MR) is 71.4 cm³/mol. The van der Waals surface area contributed by atoms with Crippen molar-refractivity contribution < 1.29 is 14.2 Å². The molecule has 3 nitrogen and oxygen atoms in total. The van der Waals surface area contributed by atoms with Gasteiger partial charge in [0.15, 0.2) is 0 Å². The first-order chi connectivity index (χ1) is 7.60. The maximum absolute atomic E-state index is 5.97. The summed E-state index contributed by atoms with van der Waals surface area (Å²) >= 11 is 0. The van der Waals surface area contributed by atoms with Crippen LogP contribution in [0.5, 0.6) is 0 Å². The summed E-state index contributed by atoms with van der Waals surface area (Å²) < 4.78 is 17.0. The topological polar surface area (TPSA) is 27.7 Å². The van der Waals surface area contributed by atoms with Crippen LogP contribution in [0.2, 0.25) is 0 Å². The highest BCUT2D eigenvalue weighted by molar-refractivity contribution is 4.78. The molecular weight excluding hydrogens is 216 g/mol. The fraction of sp³-hybridized carbons (Fsp3) is 1.00. The van der Waals surface area contributed by atoms with E-state index in [1.807, 2.05) is 13.8 Å². The van der Waals surface area contributed by atoms with Gasteiger partial charge in [0.05, 0.1) is 30.5 Å². The summed E-state index contributed by atoms with van der Waals surface area (Å²) in [6, 6.07) is 0. The van der Waals surface area contributed by atoms with E-state index in [4.69, 9.17) is 14.2 Å². The Morgan fingerprint density at radius 1 is 1.00 bits per heavy atom. The minimum Gasteiger partial charge on any atom is -0.378 e. The number of hydrogen-bond acceptors (Lipinski definition) is 3. The first-order valence-electron chi connectivity index (χ1n) is 6.41. The fourth-order valence-corrected chi connectivity index (χ4v) is 1.10. The normalized spacial score (nSPS) is 15.4. The Labute approximate surface area is 107 Å². The van der Waals surface area contributed by atoms with E-state index in [1.54, 1.807) is 7.11 Å². The van der Waals surface area contributed by atoms with E-state index < -0.39 is 0 Å². The summed E-state index contributed by atoms with van der Waals surface area (Å²) in [6.07, 6.45) is 0.267. The van der Waals surface area contributed by atoms with Crippen LogP contribution in [0.3, 0.4) is 0 Å². The average Bonchev–Trinajstić information content (AvgIpc) is 2.23. The lowest BCUT2D eigenvalue weighted by Gasteiger charge is -2.35. The molecule has 1 atom stereocenters. The van der Waals surface area contributed by atoms with E-state index in [-0.39, 0.29) is 17.3 Å². The van der Waals surface area contributed by atoms with Crippen LogP contribution in [0.1, 0.15) is 48.5 Å². The Morgan fingerprint density at radius 3 is 1.94 bits per heavy atom. The molecule has 0 amide bonds. The van der Waals surface area contributed by atoms with Crippen LogP contribution in [0, 0.1) is 5.92 Å². The second-order valence-corrected chi connectivity index (χ2v) is 6.14. The summed E-state index contributed by atoms with van der Waals surface area (Å²) in [5.41, 5.74) is -0.444. The van der Waals surface area contributed by atoms with E-state index >= 15 is 0 Å². The van der Waals surface area contributed by atoms with E-state index in [1.165, 1.54) is 0 Å². The van der Waals surface area contributed by atoms with Crippen molar-refractivity contribution in [2.24, 2.45) is 5.92 Å². The quantitative estimate of drug-likeness (QED) is 0.658. The summed E-state index contributed by atoms with van der Waals surface area (Å²) in [5, 5.41) is 0. The molecule has 0 saturated heterocycles. The van der Waals surface area contributed by atoms with Gasteiger partial charge < -0.3 is 14.2 Å². The zero-order valence-corrected chi connectivity index (χ0v) is 12.8. The highest BCUT2D eigenvalue weighted by Crippen LogP contribution is 2.24. The molecule has 0 aliphatic heterocycles. The molecule has 0 bridgehead atoms. The van der Waals surface area contributed by atoms with Gasteiger partial charge in [0, 0.05) is 13.0 Å². The van der Waals surface area contributed by atoms with Gasteiger partial charge in [-0.15, -0.1) is 0 Å². The molecule has 1 unspecified atom stereocenters. The Kier molecular flexibility index (Phi) is 6.67. The van der Waals surface area contributed by atoms with Gasteiger partial charge in [-0.05, 0) is 41.5 Å². The maximum Gasteiger partial charge on any atom is 0.0855 e. The van der Waals surface area contributed by atoms with Gasteiger partial charge in [-0.3, -0.25) is 0 Å². The van der Waals surface area contributed by atoms with E-state index in [0.29, 0.717) is 12.5 Å². The van der Waals surface area contributed by atoms with Gasteiger partial charge in [0.25, 0.3) is 0 Å². The third kappa shape index (κ3) is 7.02. The van der Waals surface area contributed by atoms with Crippen LogP contribution in [-0.2, 0) is 14.2 Å². The molecule has 0 rings (SSSR count). The second kappa shape index (κ2) is 6.72. The van der Waals surface area contributed by atoms with Crippen molar-refractivity contribution in [3.05, 3.63) is 0 Å². The molecular formula is C14H30O3. The van der Waals surface area contributed by atoms with Crippen LogP contribution < -0.4 is 0 Å². The molecule has 0 aromatic rings. The standard InChI is InChI=1S/C14H30O3/c1-11(2)16-9-12(3)14(6,7)17-10-13(4,5)15-8/h11-12H,9-10H2,1-8H3. The highest BCUT2D eigenvalue weighted by atomic mass is 16.5. The first-order valence-corrected chi connectivity index (χ1v) is 6.41. The molecule has 0 aromatic carbocycles. The van der Waals surface area contributed by atoms with Crippen molar-refractivity contribution in [2.75, 3.05) is 20.3 Å². The van der Waals surface area contributed by atoms with Crippen molar-refractivity contribution in [3.63, 3.8) is 0 Å². The summed E-state index contributed by atoms with van der Waals surface area (Å²) in [5.74, 6) is 0.345. The van der Waals surface area contributed by atoms with Gasteiger partial charge in [-0.2, -0.15) is 0 Å². The summed E-state index contributed by atoms with van der Waals surface area (Å²) in [6.45, 7) is 15.8. The van der Waals surface area contributed by atoms with Gasteiger partial charge in [-0.1, -0.05) is 6.92 Å². The van der Waals surface area contributed by atoms with Crippen LogP contribution in [-0.4, -0.2) is 37.6 Å².